The lowest BCUT2D eigenvalue weighted by atomic mass is 10.1. The molecule has 34 heavy (non-hydrogen) atoms. The second-order valence-electron chi connectivity index (χ2n) is 8.10. The van der Waals surface area contributed by atoms with Crippen molar-refractivity contribution >= 4 is 22.8 Å². The van der Waals surface area contributed by atoms with Gasteiger partial charge >= 0.3 is 6.18 Å². The summed E-state index contributed by atoms with van der Waals surface area (Å²) in [4.78, 5) is 18.4. The summed E-state index contributed by atoms with van der Waals surface area (Å²) in [6, 6.07) is 11.7. The number of hydrogen-bond acceptors (Lipinski definition) is 5. The first-order chi connectivity index (χ1) is 16.3. The molecule has 1 saturated heterocycles. The number of carbonyl (C=O) groups excluding carboxylic acids is 1. The molecule has 0 atom stereocenters. The van der Waals surface area contributed by atoms with Crippen molar-refractivity contribution in [2.75, 3.05) is 23.3 Å². The molecule has 0 radical (unpaired) electrons. The molecule has 0 bridgehead atoms. The molecule has 0 spiro atoms. The quantitative estimate of drug-likeness (QED) is 0.465. The van der Waals surface area contributed by atoms with E-state index < -0.39 is 17.6 Å². The highest BCUT2D eigenvalue weighted by molar-refractivity contribution is 6.04. The Labute approximate surface area is 192 Å². The van der Waals surface area contributed by atoms with Gasteiger partial charge in [-0.15, -0.1) is 0 Å². The zero-order valence-corrected chi connectivity index (χ0v) is 18.1. The van der Waals surface area contributed by atoms with Crippen molar-refractivity contribution in [2.45, 2.75) is 19.2 Å². The maximum absolute atomic E-state index is 12.9. The van der Waals surface area contributed by atoms with E-state index in [0.717, 1.165) is 22.8 Å². The van der Waals surface area contributed by atoms with Crippen molar-refractivity contribution < 1.29 is 22.7 Å². The van der Waals surface area contributed by atoms with Gasteiger partial charge in [0.25, 0.3) is 5.91 Å². The number of carbonyl (C=O) groups is 1. The first-order valence-corrected chi connectivity index (χ1v) is 10.6. The number of anilines is 2. The third-order valence-electron chi connectivity index (χ3n) is 5.66. The van der Waals surface area contributed by atoms with Gasteiger partial charge in [-0.25, -0.2) is 4.52 Å². The van der Waals surface area contributed by atoms with Gasteiger partial charge in [0.15, 0.2) is 0 Å². The van der Waals surface area contributed by atoms with E-state index in [-0.39, 0.29) is 17.4 Å². The normalized spacial score (nSPS) is 14.2. The van der Waals surface area contributed by atoms with Gasteiger partial charge in [0.1, 0.15) is 11.9 Å². The third kappa shape index (κ3) is 4.26. The van der Waals surface area contributed by atoms with Gasteiger partial charge in [-0.1, -0.05) is 12.1 Å². The van der Waals surface area contributed by atoms with Gasteiger partial charge < -0.3 is 15.0 Å². The van der Waals surface area contributed by atoms with Crippen molar-refractivity contribution in [3.05, 3.63) is 83.9 Å². The van der Waals surface area contributed by atoms with Crippen molar-refractivity contribution in [3.8, 4) is 5.75 Å². The number of nitrogens with zero attached hydrogens (tertiary/aromatic N) is 4. The number of rotatable bonds is 5. The summed E-state index contributed by atoms with van der Waals surface area (Å²) >= 11 is 0. The predicted octanol–water partition coefficient (Wildman–Crippen LogP) is 4.58. The van der Waals surface area contributed by atoms with Crippen LogP contribution in [0.15, 0.2) is 67.3 Å². The molecule has 0 aliphatic carbocycles. The lowest BCUT2D eigenvalue weighted by Crippen LogP contribution is -2.54. The standard InChI is InChI=1S/C24H20F3N5O2/c1-15-5-6-16(23(33)30-18-9-17(10-28-11-18)24(25,26)27)8-22(15)34-19-13-31(14-19)21-12-29-32-7-3-2-4-20(21)32/h2-12,19H,13-14H2,1H3,(H,30,33). The number of aryl methyl sites for hydroxylation is 1. The molecular formula is C24H20F3N5O2. The van der Waals surface area contributed by atoms with E-state index in [1.54, 1.807) is 18.2 Å². The van der Waals surface area contributed by atoms with E-state index in [1.165, 1.54) is 6.20 Å². The van der Waals surface area contributed by atoms with Crippen LogP contribution in [0.3, 0.4) is 0 Å². The van der Waals surface area contributed by atoms with Crippen molar-refractivity contribution in [1.29, 1.82) is 0 Å². The summed E-state index contributed by atoms with van der Waals surface area (Å²) < 4.78 is 46.6. The topological polar surface area (TPSA) is 71.8 Å². The molecule has 1 fully saturated rings. The monoisotopic (exact) mass is 467 g/mol. The Hall–Kier alpha value is -4.08. The highest BCUT2D eigenvalue weighted by Crippen LogP contribution is 2.31. The summed E-state index contributed by atoms with van der Waals surface area (Å²) in [5.74, 6) is 0.00639. The summed E-state index contributed by atoms with van der Waals surface area (Å²) in [5, 5.41) is 6.82. The maximum atomic E-state index is 12.9. The summed E-state index contributed by atoms with van der Waals surface area (Å²) in [5.41, 5.74) is 2.20. The van der Waals surface area contributed by atoms with Gasteiger partial charge in [0, 0.05) is 18.0 Å². The number of pyridine rings is 2. The molecule has 1 aliphatic rings. The summed E-state index contributed by atoms with van der Waals surface area (Å²) in [7, 11) is 0. The molecule has 0 unspecified atom stereocenters. The number of amides is 1. The van der Waals surface area contributed by atoms with E-state index in [0.29, 0.717) is 25.0 Å². The predicted molar refractivity (Wildman–Crippen MR) is 120 cm³/mol. The van der Waals surface area contributed by atoms with Crippen LogP contribution in [-0.4, -0.2) is 39.7 Å². The molecule has 4 heterocycles. The molecule has 10 heteroatoms. The fraction of sp³-hybridized carbons (Fsp3) is 0.208. The van der Waals surface area contributed by atoms with Crippen LogP contribution in [0.4, 0.5) is 24.5 Å². The number of halogens is 3. The molecule has 0 saturated carbocycles. The van der Waals surface area contributed by atoms with Crippen molar-refractivity contribution in [1.82, 2.24) is 14.6 Å². The second-order valence-corrected chi connectivity index (χ2v) is 8.10. The molecule has 3 aromatic heterocycles. The minimum atomic E-state index is -4.54. The summed E-state index contributed by atoms with van der Waals surface area (Å²) in [6.45, 7) is 3.21. The first kappa shape index (κ1) is 21.7. The average Bonchev–Trinajstić information content (AvgIpc) is 3.20. The van der Waals surface area contributed by atoms with E-state index in [9.17, 15) is 18.0 Å². The number of alkyl halides is 3. The van der Waals surface area contributed by atoms with E-state index in [2.05, 4.69) is 20.3 Å². The Morgan fingerprint density at radius 1 is 1.12 bits per heavy atom. The number of nitrogens with one attached hydrogen (secondary N) is 1. The Bertz CT molecular complexity index is 1360. The van der Waals surface area contributed by atoms with Gasteiger partial charge in [0.05, 0.1) is 47.9 Å². The SMILES string of the molecule is Cc1ccc(C(=O)Nc2cncc(C(F)(F)F)c2)cc1OC1CN(c2cnn3ccccc23)C1. The van der Waals surface area contributed by atoms with E-state index >= 15 is 0 Å². The molecule has 5 rings (SSSR count). The highest BCUT2D eigenvalue weighted by Gasteiger charge is 2.32. The Kier molecular flexibility index (Phi) is 5.35. The number of aromatic nitrogens is 3. The molecule has 1 aliphatic heterocycles. The Balaban J connectivity index is 1.25. The molecular weight excluding hydrogens is 447 g/mol. The largest absolute Gasteiger partial charge is 0.486 e. The van der Waals surface area contributed by atoms with Crippen LogP contribution >= 0.6 is 0 Å². The summed E-state index contributed by atoms with van der Waals surface area (Å²) in [6.07, 6.45) is 0.985. The number of fused-ring (bicyclic) bond motifs is 1. The van der Waals surface area contributed by atoms with Crippen LogP contribution in [0.1, 0.15) is 21.5 Å². The molecule has 1 N–H and O–H groups in total. The first-order valence-electron chi connectivity index (χ1n) is 10.6. The molecule has 1 aromatic carbocycles. The molecule has 1 amide bonds. The fourth-order valence-electron chi connectivity index (χ4n) is 3.79. The van der Waals surface area contributed by atoms with Crippen LogP contribution in [0, 0.1) is 6.92 Å². The Morgan fingerprint density at radius 2 is 1.94 bits per heavy atom. The van der Waals surface area contributed by atoms with Gasteiger partial charge in [-0.2, -0.15) is 18.3 Å². The van der Waals surface area contributed by atoms with Gasteiger partial charge in [-0.3, -0.25) is 9.78 Å². The van der Waals surface area contributed by atoms with Gasteiger partial charge in [0.2, 0.25) is 0 Å². The average molecular weight is 467 g/mol. The number of benzene rings is 1. The molecule has 4 aromatic rings. The zero-order valence-electron chi connectivity index (χ0n) is 18.1. The van der Waals surface area contributed by atoms with Crippen LogP contribution in [-0.2, 0) is 6.18 Å². The lowest BCUT2D eigenvalue weighted by molar-refractivity contribution is -0.137. The van der Waals surface area contributed by atoms with Crippen LogP contribution in [0.5, 0.6) is 5.75 Å². The lowest BCUT2D eigenvalue weighted by Gasteiger charge is -2.40. The molecule has 174 valence electrons. The van der Waals surface area contributed by atoms with Gasteiger partial charge in [-0.05, 0) is 42.8 Å². The number of ether oxygens (including phenoxy) is 1. The van der Waals surface area contributed by atoms with Crippen LogP contribution < -0.4 is 15.0 Å². The van der Waals surface area contributed by atoms with Crippen LogP contribution in [0.2, 0.25) is 0 Å². The second kappa shape index (κ2) is 8.36. The van der Waals surface area contributed by atoms with E-state index in [1.807, 2.05) is 42.0 Å². The van der Waals surface area contributed by atoms with Crippen LogP contribution in [0.25, 0.3) is 5.52 Å². The number of hydrogen-bond donors (Lipinski definition) is 1. The minimum absolute atomic E-state index is 0.0362. The van der Waals surface area contributed by atoms with Crippen molar-refractivity contribution in [2.24, 2.45) is 0 Å². The zero-order chi connectivity index (χ0) is 23.9. The maximum Gasteiger partial charge on any atom is 0.417 e. The molecule has 7 nitrogen and oxygen atoms in total. The van der Waals surface area contributed by atoms with Crippen molar-refractivity contribution in [3.63, 3.8) is 0 Å². The third-order valence-corrected chi connectivity index (χ3v) is 5.66. The van der Waals surface area contributed by atoms with E-state index in [4.69, 9.17) is 4.74 Å². The Morgan fingerprint density at radius 3 is 2.74 bits per heavy atom. The fourth-order valence-corrected chi connectivity index (χ4v) is 3.79. The highest BCUT2D eigenvalue weighted by atomic mass is 19.4. The smallest absolute Gasteiger partial charge is 0.417 e. The minimum Gasteiger partial charge on any atom is -0.486 e.